The monoisotopic (exact) mass is 515 g/mol. The lowest BCUT2D eigenvalue weighted by molar-refractivity contribution is -0.120. The zero-order valence-corrected chi connectivity index (χ0v) is 22.4. The van der Waals surface area contributed by atoms with E-state index in [0.717, 1.165) is 42.9 Å². The van der Waals surface area contributed by atoms with Gasteiger partial charge in [0.15, 0.2) is 0 Å². The number of aliphatic hydroxyl groups excluding tert-OH is 1. The van der Waals surface area contributed by atoms with E-state index in [1.54, 1.807) is 0 Å². The van der Waals surface area contributed by atoms with Crippen molar-refractivity contribution in [3.63, 3.8) is 0 Å². The van der Waals surface area contributed by atoms with Crippen LogP contribution in [0.4, 0.5) is 8.78 Å². The fourth-order valence-electron chi connectivity index (χ4n) is 5.86. The number of carbonyl (C=O) groups excluding carboxylic acids is 1. The van der Waals surface area contributed by atoms with Crippen molar-refractivity contribution >= 4 is 5.91 Å². The van der Waals surface area contributed by atoms with Crippen LogP contribution >= 0.6 is 0 Å². The van der Waals surface area contributed by atoms with Crippen molar-refractivity contribution in [2.75, 3.05) is 6.54 Å². The lowest BCUT2D eigenvalue weighted by Crippen LogP contribution is -2.54. The molecule has 4 rings (SSSR count). The van der Waals surface area contributed by atoms with Gasteiger partial charge in [-0.15, -0.1) is 0 Å². The summed E-state index contributed by atoms with van der Waals surface area (Å²) in [5.74, 6) is -0.487. The Hall–Kier alpha value is -2.58. The molecule has 1 aromatic heterocycles. The minimum absolute atomic E-state index is 0.0806. The van der Waals surface area contributed by atoms with Crippen LogP contribution in [0.15, 0.2) is 30.5 Å². The highest BCUT2D eigenvalue weighted by atomic mass is 19.1. The van der Waals surface area contributed by atoms with E-state index in [1.165, 1.54) is 19.1 Å². The first kappa shape index (κ1) is 27.5. The number of carbonyl (C=O) groups is 1. The van der Waals surface area contributed by atoms with Gasteiger partial charge in [0.2, 0.25) is 11.8 Å². The van der Waals surface area contributed by atoms with Crippen LogP contribution in [0.25, 0.3) is 0 Å². The fraction of sp³-hybridized carbons (Fsp3) is 0.586. The first-order valence-electron chi connectivity index (χ1n) is 13.1. The SMILES string of the molecule is CC(=O)N[C@@H](Cc1cc(F)cc(F)c1)[C@H](O)CN[C@H]1CC2(CC(C)C2)Oc2ncc(CC(C)(C)C)cc21. The molecule has 37 heavy (non-hydrogen) atoms. The van der Waals surface area contributed by atoms with Crippen LogP contribution in [0, 0.1) is 23.0 Å². The molecule has 0 unspecified atom stereocenters. The number of hydrogen-bond donors (Lipinski definition) is 3. The molecule has 202 valence electrons. The van der Waals surface area contributed by atoms with Crippen molar-refractivity contribution in [3.05, 3.63) is 58.8 Å². The zero-order valence-electron chi connectivity index (χ0n) is 22.4. The van der Waals surface area contributed by atoms with E-state index in [-0.39, 0.29) is 35.9 Å². The summed E-state index contributed by atoms with van der Waals surface area (Å²) >= 11 is 0. The van der Waals surface area contributed by atoms with Crippen molar-refractivity contribution in [3.8, 4) is 5.88 Å². The van der Waals surface area contributed by atoms with E-state index in [1.807, 2.05) is 6.20 Å². The molecule has 2 heterocycles. The summed E-state index contributed by atoms with van der Waals surface area (Å²) in [6.07, 6.45) is 4.55. The van der Waals surface area contributed by atoms with Crippen LogP contribution in [0.3, 0.4) is 0 Å². The summed E-state index contributed by atoms with van der Waals surface area (Å²) < 4.78 is 33.9. The largest absolute Gasteiger partial charge is 0.471 e. The number of fused-ring (bicyclic) bond motifs is 1. The second-order valence-electron chi connectivity index (χ2n) is 12.3. The predicted molar refractivity (Wildman–Crippen MR) is 138 cm³/mol. The molecule has 0 radical (unpaired) electrons. The van der Waals surface area contributed by atoms with Crippen LogP contribution in [0.5, 0.6) is 5.88 Å². The number of halogens is 2. The number of rotatable bonds is 8. The molecule has 2 aromatic rings. The molecular formula is C29H39F2N3O3. The third kappa shape index (κ3) is 7.05. The molecule has 0 bridgehead atoms. The van der Waals surface area contributed by atoms with Crippen LogP contribution in [0.1, 0.15) is 76.6 Å². The number of nitrogens with one attached hydrogen (secondary N) is 2. The molecular weight excluding hydrogens is 476 g/mol. The highest BCUT2D eigenvalue weighted by Gasteiger charge is 2.49. The van der Waals surface area contributed by atoms with Crippen molar-refractivity contribution in [2.24, 2.45) is 11.3 Å². The quantitative estimate of drug-likeness (QED) is 0.477. The average molecular weight is 516 g/mol. The van der Waals surface area contributed by atoms with Crippen LogP contribution in [0.2, 0.25) is 0 Å². The molecule has 3 N–H and O–H groups in total. The highest BCUT2D eigenvalue weighted by molar-refractivity contribution is 5.73. The zero-order chi connectivity index (χ0) is 27.0. The Balaban J connectivity index is 1.52. The highest BCUT2D eigenvalue weighted by Crippen LogP contribution is 2.50. The lowest BCUT2D eigenvalue weighted by atomic mass is 9.67. The molecule has 3 atom stereocenters. The first-order chi connectivity index (χ1) is 17.3. The predicted octanol–water partition coefficient (Wildman–Crippen LogP) is 4.64. The Morgan fingerprint density at radius 1 is 1.16 bits per heavy atom. The number of ether oxygens (including phenoxy) is 1. The van der Waals surface area contributed by atoms with E-state index < -0.39 is 23.8 Å². The van der Waals surface area contributed by atoms with Gasteiger partial charge in [-0.3, -0.25) is 4.79 Å². The van der Waals surface area contributed by atoms with Gasteiger partial charge in [0.05, 0.1) is 12.1 Å². The average Bonchev–Trinajstić information content (AvgIpc) is 2.74. The molecule has 1 fully saturated rings. The van der Waals surface area contributed by atoms with E-state index in [2.05, 4.69) is 49.4 Å². The first-order valence-corrected chi connectivity index (χ1v) is 13.1. The van der Waals surface area contributed by atoms with Crippen molar-refractivity contribution in [1.29, 1.82) is 0 Å². The Labute approximate surface area is 218 Å². The van der Waals surface area contributed by atoms with Gasteiger partial charge in [-0.2, -0.15) is 0 Å². The van der Waals surface area contributed by atoms with Crippen molar-refractivity contribution < 1.29 is 23.4 Å². The molecule has 8 heteroatoms. The van der Waals surface area contributed by atoms with Crippen molar-refractivity contribution in [1.82, 2.24) is 15.6 Å². The molecule has 1 aliphatic heterocycles. The maximum atomic E-state index is 13.7. The van der Waals surface area contributed by atoms with Crippen LogP contribution < -0.4 is 15.4 Å². The number of pyridine rings is 1. The smallest absolute Gasteiger partial charge is 0.218 e. The van der Waals surface area contributed by atoms with Gasteiger partial charge >= 0.3 is 0 Å². The van der Waals surface area contributed by atoms with Gasteiger partial charge in [0.25, 0.3) is 0 Å². The van der Waals surface area contributed by atoms with E-state index in [0.29, 0.717) is 17.4 Å². The topological polar surface area (TPSA) is 83.5 Å². The molecule has 1 aromatic carbocycles. The third-order valence-electron chi connectivity index (χ3n) is 7.18. The minimum Gasteiger partial charge on any atom is -0.471 e. The van der Waals surface area contributed by atoms with Gasteiger partial charge in [0.1, 0.15) is 17.2 Å². The minimum atomic E-state index is -0.983. The normalized spacial score (nSPS) is 24.5. The van der Waals surface area contributed by atoms with Gasteiger partial charge in [-0.25, -0.2) is 13.8 Å². The summed E-state index contributed by atoms with van der Waals surface area (Å²) in [6, 6.07) is 4.59. The van der Waals surface area contributed by atoms with Gasteiger partial charge < -0.3 is 20.5 Å². The summed E-state index contributed by atoms with van der Waals surface area (Å²) in [5, 5.41) is 17.3. The molecule has 2 aliphatic rings. The Morgan fingerprint density at radius 3 is 2.43 bits per heavy atom. The second kappa shape index (κ2) is 10.7. The number of nitrogens with zero attached hydrogens (tertiary/aromatic N) is 1. The molecule has 6 nitrogen and oxygen atoms in total. The molecule has 1 saturated carbocycles. The number of benzene rings is 1. The molecule has 1 amide bonds. The lowest BCUT2D eigenvalue weighted by Gasteiger charge is -2.50. The van der Waals surface area contributed by atoms with E-state index in [4.69, 9.17) is 4.74 Å². The van der Waals surface area contributed by atoms with Gasteiger partial charge in [-0.1, -0.05) is 27.7 Å². The van der Waals surface area contributed by atoms with E-state index >= 15 is 0 Å². The number of hydrogen-bond acceptors (Lipinski definition) is 5. The molecule has 1 spiro atoms. The molecule has 0 saturated heterocycles. The number of aliphatic hydroxyl groups is 1. The fourth-order valence-corrected chi connectivity index (χ4v) is 5.86. The Morgan fingerprint density at radius 2 is 1.84 bits per heavy atom. The van der Waals surface area contributed by atoms with E-state index in [9.17, 15) is 18.7 Å². The summed E-state index contributed by atoms with van der Waals surface area (Å²) in [4.78, 5) is 16.5. The Kier molecular flexibility index (Phi) is 7.91. The maximum Gasteiger partial charge on any atom is 0.218 e. The number of amides is 1. The van der Waals surface area contributed by atoms with Gasteiger partial charge in [0, 0.05) is 43.8 Å². The molecule has 1 aliphatic carbocycles. The summed E-state index contributed by atoms with van der Waals surface area (Å²) in [5.41, 5.74) is 2.32. The van der Waals surface area contributed by atoms with Crippen LogP contribution in [-0.4, -0.2) is 40.3 Å². The van der Waals surface area contributed by atoms with Gasteiger partial charge in [-0.05, 0) is 66.3 Å². The standard InChI is InChI=1S/C29H39F2N3O3/c1-17-11-29(12-17)14-25(23-8-20(13-28(3,4)5)15-33-27(23)37-29)32-16-26(36)24(34-18(2)35)9-19-6-21(30)10-22(31)7-19/h6-8,10,15,17,24-26,32,36H,9,11-14,16H2,1-5H3,(H,34,35)/t17?,24-,25-,26+,29?/m0/s1. The Bertz CT molecular complexity index is 1110. The second-order valence-corrected chi connectivity index (χ2v) is 12.3. The van der Waals surface area contributed by atoms with Crippen molar-refractivity contribution in [2.45, 2.75) is 90.5 Å². The number of aromatic nitrogens is 1. The summed E-state index contributed by atoms with van der Waals surface area (Å²) in [6.45, 7) is 10.3. The maximum absolute atomic E-state index is 13.7. The van der Waals surface area contributed by atoms with Crippen LogP contribution in [-0.2, 0) is 17.6 Å². The third-order valence-corrected chi connectivity index (χ3v) is 7.18. The summed E-state index contributed by atoms with van der Waals surface area (Å²) in [7, 11) is 0.